The van der Waals surface area contributed by atoms with Crippen LogP contribution in [-0.4, -0.2) is 11.1 Å². The smallest absolute Gasteiger partial charge is 0.269 e. The molecule has 148 valence electrons. The van der Waals surface area contributed by atoms with Crippen LogP contribution < -0.4 is 10.2 Å². The van der Waals surface area contributed by atoms with Gasteiger partial charge in [0.05, 0.1) is 26.3 Å². The maximum Gasteiger partial charge on any atom is 0.269 e. The molecule has 1 N–H and O–H groups in total. The maximum absolute atomic E-state index is 10.7. The van der Waals surface area contributed by atoms with Gasteiger partial charge in [-0.05, 0) is 63.5 Å². The van der Waals surface area contributed by atoms with Gasteiger partial charge in [0, 0.05) is 17.2 Å². The monoisotopic (exact) mass is 493 g/mol. The van der Waals surface area contributed by atoms with Gasteiger partial charge in [-0.3, -0.25) is 15.5 Å². The van der Waals surface area contributed by atoms with Crippen molar-refractivity contribution < 1.29 is 9.66 Å². The third-order valence-corrected chi connectivity index (χ3v) is 4.92. The third-order valence-electron chi connectivity index (χ3n) is 3.80. The molecule has 0 saturated heterocycles. The van der Waals surface area contributed by atoms with Gasteiger partial charge in [-0.25, -0.2) is 0 Å². The van der Waals surface area contributed by atoms with Crippen LogP contribution in [0, 0.1) is 10.1 Å². The largest absolute Gasteiger partial charge is 0.486 e. The standard InChI is InChI=1S/C20H14BrCl2N3O3/c21-18-9-14(11-24-25-16-5-7-17(8-6-16)26(27)28)10-19(23)20(18)29-12-13-1-3-15(22)4-2-13/h1-11,25H,12H2/b24-11+. The van der Waals surface area contributed by atoms with Crippen LogP contribution >= 0.6 is 39.1 Å². The van der Waals surface area contributed by atoms with Crippen molar-refractivity contribution in [2.75, 3.05) is 5.43 Å². The van der Waals surface area contributed by atoms with Crippen molar-refractivity contribution in [3.8, 4) is 5.75 Å². The highest BCUT2D eigenvalue weighted by Crippen LogP contribution is 2.34. The highest BCUT2D eigenvalue weighted by atomic mass is 79.9. The summed E-state index contributed by atoms with van der Waals surface area (Å²) in [6, 6.07) is 16.9. The van der Waals surface area contributed by atoms with Gasteiger partial charge in [0.2, 0.25) is 0 Å². The number of rotatable bonds is 7. The fourth-order valence-electron chi connectivity index (χ4n) is 2.37. The molecule has 0 amide bonds. The zero-order valence-corrected chi connectivity index (χ0v) is 17.9. The van der Waals surface area contributed by atoms with Crippen molar-refractivity contribution in [3.63, 3.8) is 0 Å². The summed E-state index contributed by atoms with van der Waals surface area (Å²) in [5.74, 6) is 0.530. The molecule has 0 aromatic heterocycles. The molecule has 3 rings (SSSR count). The topological polar surface area (TPSA) is 76.8 Å². The summed E-state index contributed by atoms with van der Waals surface area (Å²) in [7, 11) is 0. The molecule has 0 aliphatic heterocycles. The van der Waals surface area contributed by atoms with E-state index in [1.165, 1.54) is 12.1 Å². The first-order valence-corrected chi connectivity index (χ1v) is 9.87. The summed E-state index contributed by atoms with van der Waals surface area (Å²) in [6.07, 6.45) is 1.58. The Hall–Kier alpha value is -2.61. The predicted molar refractivity (Wildman–Crippen MR) is 119 cm³/mol. The van der Waals surface area contributed by atoms with Crippen LogP contribution in [0.25, 0.3) is 0 Å². The van der Waals surface area contributed by atoms with Crippen LogP contribution in [0.1, 0.15) is 11.1 Å². The molecule has 0 fully saturated rings. The van der Waals surface area contributed by atoms with Crippen LogP contribution in [0.3, 0.4) is 0 Å². The van der Waals surface area contributed by atoms with Gasteiger partial charge in [0.15, 0.2) is 5.75 Å². The van der Waals surface area contributed by atoms with Gasteiger partial charge in [-0.2, -0.15) is 5.10 Å². The number of ether oxygens (including phenoxy) is 1. The van der Waals surface area contributed by atoms with E-state index in [4.69, 9.17) is 27.9 Å². The number of hydrogen-bond donors (Lipinski definition) is 1. The molecule has 0 bridgehead atoms. The third kappa shape index (κ3) is 5.93. The molecule has 0 aliphatic carbocycles. The summed E-state index contributed by atoms with van der Waals surface area (Å²) in [5.41, 5.74) is 5.17. The molecule has 0 radical (unpaired) electrons. The lowest BCUT2D eigenvalue weighted by atomic mass is 10.2. The van der Waals surface area contributed by atoms with Gasteiger partial charge in [0.1, 0.15) is 6.61 Å². The summed E-state index contributed by atoms with van der Waals surface area (Å²) in [4.78, 5) is 10.2. The van der Waals surface area contributed by atoms with E-state index in [0.717, 1.165) is 11.1 Å². The second-order valence-corrected chi connectivity index (χ2v) is 7.60. The van der Waals surface area contributed by atoms with E-state index in [2.05, 4.69) is 26.5 Å². The number of nitro groups is 1. The second kappa shape index (κ2) is 9.73. The highest BCUT2D eigenvalue weighted by molar-refractivity contribution is 9.10. The summed E-state index contributed by atoms with van der Waals surface area (Å²) < 4.78 is 6.51. The Balaban J connectivity index is 1.64. The van der Waals surface area contributed by atoms with Crippen LogP contribution in [0.15, 0.2) is 70.2 Å². The molecule has 9 heteroatoms. The molecule has 3 aromatic rings. The van der Waals surface area contributed by atoms with Crippen LogP contribution in [0.5, 0.6) is 5.75 Å². The zero-order chi connectivity index (χ0) is 20.8. The van der Waals surface area contributed by atoms with Crippen molar-refractivity contribution in [2.24, 2.45) is 5.10 Å². The minimum absolute atomic E-state index is 0.0180. The lowest BCUT2D eigenvalue weighted by Gasteiger charge is -2.11. The van der Waals surface area contributed by atoms with Gasteiger partial charge < -0.3 is 4.74 Å². The van der Waals surface area contributed by atoms with Crippen molar-refractivity contribution in [2.45, 2.75) is 6.61 Å². The zero-order valence-electron chi connectivity index (χ0n) is 14.8. The number of hydrogen-bond acceptors (Lipinski definition) is 5. The number of halogens is 3. The van der Waals surface area contributed by atoms with E-state index in [-0.39, 0.29) is 5.69 Å². The Kier molecular flexibility index (Phi) is 7.09. The highest BCUT2D eigenvalue weighted by Gasteiger charge is 2.09. The quantitative estimate of drug-likeness (QED) is 0.225. The number of nitrogens with one attached hydrogen (secondary N) is 1. The van der Waals surface area contributed by atoms with Crippen LogP contribution in [0.4, 0.5) is 11.4 Å². The molecule has 0 atom stereocenters. The molecular formula is C20H14BrCl2N3O3. The Bertz CT molecular complexity index is 1020. The molecule has 0 saturated carbocycles. The number of nitro benzene ring substituents is 1. The Morgan fingerprint density at radius 2 is 1.79 bits per heavy atom. The summed E-state index contributed by atoms with van der Waals surface area (Å²) >= 11 is 15.7. The molecule has 6 nitrogen and oxygen atoms in total. The number of hydrazone groups is 1. The van der Waals surface area contributed by atoms with Gasteiger partial charge in [-0.1, -0.05) is 35.3 Å². The summed E-state index contributed by atoms with van der Waals surface area (Å²) in [5, 5.41) is 15.9. The Labute approximate surface area is 185 Å². The second-order valence-electron chi connectivity index (χ2n) is 5.90. The average molecular weight is 495 g/mol. The lowest BCUT2D eigenvalue weighted by molar-refractivity contribution is -0.384. The molecule has 0 aliphatic rings. The van der Waals surface area contributed by atoms with E-state index < -0.39 is 4.92 Å². The predicted octanol–water partition coefficient (Wildman–Crippen LogP) is 6.69. The molecular weight excluding hydrogens is 481 g/mol. The van der Waals surface area contributed by atoms with Crippen molar-refractivity contribution in [1.82, 2.24) is 0 Å². The van der Waals surface area contributed by atoms with Crippen molar-refractivity contribution >= 4 is 56.7 Å². The fourth-order valence-corrected chi connectivity index (χ4v) is 3.48. The first-order valence-electron chi connectivity index (χ1n) is 8.32. The molecule has 0 unspecified atom stereocenters. The molecule has 0 spiro atoms. The van der Waals surface area contributed by atoms with E-state index >= 15 is 0 Å². The summed E-state index contributed by atoms with van der Waals surface area (Å²) in [6.45, 7) is 0.352. The van der Waals surface area contributed by atoms with Gasteiger partial charge in [-0.15, -0.1) is 0 Å². The van der Waals surface area contributed by atoms with E-state index in [1.54, 1.807) is 36.5 Å². The SMILES string of the molecule is O=[N+]([O-])c1ccc(N/N=C/c2cc(Cl)c(OCc3ccc(Cl)cc3)c(Br)c2)cc1. The van der Waals surface area contributed by atoms with Crippen LogP contribution in [0.2, 0.25) is 10.0 Å². The maximum atomic E-state index is 10.7. The van der Waals surface area contributed by atoms with E-state index in [1.807, 2.05) is 18.2 Å². The van der Waals surface area contributed by atoms with E-state index in [0.29, 0.717) is 32.6 Å². The lowest BCUT2D eigenvalue weighted by Crippen LogP contribution is -1.98. The van der Waals surface area contributed by atoms with E-state index in [9.17, 15) is 10.1 Å². The Morgan fingerprint density at radius 1 is 1.10 bits per heavy atom. The van der Waals surface area contributed by atoms with Gasteiger partial charge >= 0.3 is 0 Å². The first-order chi connectivity index (χ1) is 13.9. The molecule has 0 heterocycles. The van der Waals surface area contributed by atoms with Crippen molar-refractivity contribution in [3.05, 3.63) is 96.4 Å². The minimum Gasteiger partial charge on any atom is -0.486 e. The average Bonchev–Trinajstić information content (AvgIpc) is 2.69. The number of anilines is 1. The molecule has 29 heavy (non-hydrogen) atoms. The first kappa shape index (κ1) is 21.1. The minimum atomic E-state index is -0.455. The molecule has 3 aromatic carbocycles. The number of non-ortho nitro benzene ring substituents is 1. The number of nitrogens with zero attached hydrogens (tertiary/aromatic N) is 2. The fraction of sp³-hybridized carbons (Fsp3) is 0.0500. The van der Waals surface area contributed by atoms with Crippen molar-refractivity contribution in [1.29, 1.82) is 0 Å². The normalized spacial score (nSPS) is 10.9. The van der Waals surface area contributed by atoms with Gasteiger partial charge in [0.25, 0.3) is 5.69 Å². The Morgan fingerprint density at radius 3 is 2.41 bits per heavy atom. The number of benzene rings is 3. The van der Waals surface area contributed by atoms with Crippen LogP contribution in [-0.2, 0) is 6.61 Å².